The normalized spacial score (nSPS) is 17.9. The number of methoxy groups -OCH3 is 1. The highest BCUT2D eigenvalue weighted by atomic mass is 16.5. The molecule has 4 heterocycles. The third-order valence-corrected chi connectivity index (χ3v) is 8.61. The Labute approximate surface area is 255 Å². The number of amides is 2. The SMILES string of the molecule is COc1cc([C@H](CC(=O)NCCCCCC(=O)N2C[C@H]3C[C@@H](C2)c2cccc(=O)n2C3)c2oc(C)cc(=O)c2O)ccc1O. The van der Waals surface area contributed by atoms with Crippen molar-refractivity contribution in [1.29, 1.82) is 0 Å². The van der Waals surface area contributed by atoms with Gasteiger partial charge in [0.2, 0.25) is 23.0 Å². The largest absolute Gasteiger partial charge is 0.504 e. The molecule has 3 aromatic rings. The molecule has 5 rings (SSSR count). The summed E-state index contributed by atoms with van der Waals surface area (Å²) < 4.78 is 12.8. The third kappa shape index (κ3) is 6.82. The Bertz CT molecular complexity index is 1640. The number of unbranched alkanes of at least 4 members (excludes halogenated alkanes) is 2. The molecule has 0 saturated carbocycles. The Morgan fingerprint density at radius 1 is 1.07 bits per heavy atom. The third-order valence-electron chi connectivity index (χ3n) is 8.61. The number of ether oxygens (including phenoxy) is 1. The Kier molecular flexibility index (Phi) is 9.41. The van der Waals surface area contributed by atoms with Gasteiger partial charge in [-0.3, -0.25) is 19.2 Å². The number of hydrogen-bond donors (Lipinski definition) is 3. The molecule has 11 nitrogen and oxygen atoms in total. The van der Waals surface area contributed by atoms with Crippen LogP contribution in [0.1, 0.15) is 73.1 Å². The van der Waals surface area contributed by atoms with Crippen molar-refractivity contribution in [2.75, 3.05) is 26.7 Å². The van der Waals surface area contributed by atoms with E-state index < -0.39 is 17.1 Å². The summed E-state index contributed by atoms with van der Waals surface area (Å²) in [4.78, 5) is 52.4. The summed E-state index contributed by atoms with van der Waals surface area (Å²) in [6.07, 6.45) is 3.48. The number of benzene rings is 1. The van der Waals surface area contributed by atoms with Crippen LogP contribution >= 0.6 is 0 Å². The average Bonchev–Trinajstić information content (AvgIpc) is 3.00. The van der Waals surface area contributed by atoms with E-state index in [1.807, 2.05) is 15.5 Å². The lowest BCUT2D eigenvalue weighted by Gasteiger charge is -2.42. The highest BCUT2D eigenvalue weighted by Gasteiger charge is 2.36. The Morgan fingerprint density at radius 3 is 2.68 bits per heavy atom. The zero-order valence-corrected chi connectivity index (χ0v) is 25.1. The van der Waals surface area contributed by atoms with E-state index in [1.54, 1.807) is 31.2 Å². The van der Waals surface area contributed by atoms with Crippen LogP contribution in [0.15, 0.2) is 56.5 Å². The number of piperidine rings is 1. The first kappa shape index (κ1) is 30.9. The zero-order valence-electron chi connectivity index (χ0n) is 25.1. The molecular formula is C33H39N3O8. The summed E-state index contributed by atoms with van der Waals surface area (Å²) in [5.74, 6) is -0.704. The van der Waals surface area contributed by atoms with E-state index in [0.717, 1.165) is 18.5 Å². The number of likely N-dealkylation sites (tertiary alicyclic amines) is 1. The number of phenolic OH excluding ortho intramolecular Hbond substituents is 1. The number of carbonyl (C=O) groups is 2. The fourth-order valence-electron chi connectivity index (χ4n) is 6.46. The van der Waals surface area contributed by atoms with Crippen LogP contribution in [0.2, 0.25) is 0 Å². The standard InChI is InChI=1S/C33H39N3O8/c1-20-13-27(38)32(42)33(44-20)24(22-10-11-26(37)28(15-22)43-2)16-29(39)34-12-5-3-4-8-30(40)35-17-21-14-23(19-35)25-7-6-9-31(41)36(25)18-21/h6-7,9-11,13,15,21,23-24,37,42H,3-5,8,12,14,16-19H2,1-2H3,(H,34,39)/t21-,23+,24+/m1/s1. The van der Waals surface area contributed by atoms with Crippen molar-refractivity contribution in [1.82, 2.24) is 14.8 Å². The maximum Gasteiger partial charge on any atom is 0.250 e. The van der Waals surface area contributed by atoms with E-state index in [-0.39, 0.29) is 47.0 Å². The number of nitrogens with zero attached hydrogens (tertiary/aromatic N) is 2. The van der Waals surface area contributed by atoms with Crippen molar-refractivity contribution in [2.24, 2.45) is 5.92 Å². The highest BCUT2D eigenvalue weighted by molar-refractivity contribution is 5.78. The predicted molar refractivity (Wildman–Crippen MR) is 162 cm³/mol. The van der Waals surface area contributed by atoms with Gasteiger partial charge >= 0.3 is 0 Å². The number of aromatic nitrogens is 1. The number of carbonyl (C=O) groups excluding carboxylic acids is 2. The fourth-order valence-corrected chi connectivity index (χ4v) is 6.46. The maximum atomic E-state index is 13.0. The molecule has 3 atom stereocenters. The van der Waals surface area contributed by atoms with Crippen LogP contribution < -0.4 is 21.0 Å². The van der Waals surface area contributed by atoms with Gasteiger partial charge in [-0.05, 0) is 55.9 Å². The number of fused-ring (bicyclic) bond motifs is 4. The van der Waals surface area contributed by atoms with Crippen molar-refractivity contribution in [3.05, 3.63) is 85.8 Å². The minimum Gasteiger partial charge on any atom is -0.504 e. The van der Waals surface area contributed by atoms with E-state index in [4.69, 9.17) is 9.15 Å². The molecule has 1 fully saturated rings. The first-order chi connectivity index (χ1) is 21.1. The van der Waals surface area contributed by atoms with Crippen LogP contribution in [0.3, 0.4) is 0 Å². The average molecular weight is 606 g/mol. The van der Waals surface area contributed by atoms with E-state index >= 15 is 0 Å². The van der Waals surface area contributed by atoms with Crippen LogP contribution in [0, 0.1) is 12.8 Å². The van der Waals surface area contributed by atoms with Crippen molar-refractivity contribution in [3.63, 3.8) is 0 Å². The fraction of sp³-hybridized carbons (Fsp3) is 0.455. The molecule has 2 aliphatic rings. The van der Waals surface area contributed by atoms with Crippen molar-refractivity contribution < 1.29 is 29.0 Å². The summed E-state index contributed by atoms with van der Waals surface area (Å²) >= 11 is 0. The van der Waals surface area contributed by atoms with Gasteiger partial charge in [-0.2, -0.15) is 0 Å². The van der Waals surface area contributed by atoms with Crippen LogP contribution in [0.5, 0.6) is 17.2 Å². The molecule has 3 N–H and O–H groups in total. The number of phenols is 1. The van der Waals surface area contributed by atoms with E-state index in [2.05, 4.69) is 5.32 Å². The molecule has 1 aromatic carbocycles. The molecule has 11 heteroatoms. The van der Waals surface area contributed by atoms with Gasteiger partial charge in [0.05, 0.1) is 13.0 Å². The van der Waals surface area contributed by atoms with Crippen LogP contribution in [-0.2, 0) is 16.1 Å². The van der Waals surface area contributed by atoms with Crippen LogP contribution in [-0.4, -0.2) is 58.2 Å². The highest BCUT2D eigenvalue weighted by Crippen LogP contribution is 2.37. The van der Waals surface area contributed by atoms with Crippen LogP contribution in [0.25, 0.3) is 0 Å². The Hall–Kier alpha value is -4.54. The molecule has 2 aliphatic heterocycles. The minimum atomic E-state index is -0.802. The molecule has 2 aromatic heterocycles. The molecule has 2 amide bonds. The van der Waals surface area contributed by atoms with E-state index in [0.29, 0.717) is 62.7 Å². The molecule has 0 aliphatic carbocycles. The maximum absolute atomic E-state index is 13.0. The van der Waals surface area contributed by atoms with Gasteiger partial charge in [-0.25, -0.2) is 0 Å². The summed E-state index contributed by atoms with van der Waals surface area (Å²) in [6, 6.07) is 11.1. The van der Waals surface area contributed by atoms with Gasteiger partial charge in [-0.1, -0.05) is 18.6 Å². The van der Waals surface area contributed by atoms with E-state index in [1.165, 1.54) is 19.2 Å². The number of rotatable bonds is 11. The summed E-state index contributed by atoms with van der Waals surface area (Å²) in [5.41, 5.74) is 0.964. The Morgan fingerprint density at radius 2 is 1.89 bits per heavy atom. The first-order valence-electron chi connectivity index (χ1n) is 15.1. The number of hydrogen-bond acceptors (Lipinski definition) is 8. The second kappa shape index (κ2) is 13.4. The summed E-state index contributed by atoms with van der Waals surface area (Å²) in [6.45, 7) is 3.96. The van der Waals surface area contributed by atoms with E-state index in [9.17, 15) is 29.4 Å². The quantitative estimate of drug-likeness (QED) is 0.282. The molecular weight excluding hydrogens is 566 g/mol. The molecule has 2 bridgehead atoms. The van der Waals surface area contributed by atoms with Crippen LogP contribution in [0.4, 0.5) is 0 Å². The van der Waals surface area contributed by atoms with Gasteiger partial charge in [0.1, 0.15) is 5.76 Å². The minimum absolute atomic E-state index is 0.0279. The number of pyridine rings is 1. The second-order valence-corrected chi connectivity index (χ2v) is 11.8. The molecule has 0 unspecified atom stereocenters. The van der Waals surface area contributed by atoms with Crippen molar-refractivity contribution >= 4 is 11.8 Å². The van der Waals surface area contributed by atoms with Crippen molar-refractivity contribution in [3.8, 4) is 17.2 Å². The predicted octanol–water partition coefficient (Wildman–Crippen LogP) is 3.37. The molecule has 44 heavy (non-hydrogen) atoms. The lowest BCUT2D eigenvalue weighted by Crippen LogP contribution is -2.49. The molecule has 234 valence electrons. The lowest BCUT2D eigenvalue weighted by molar-refractivity contribution is -0.134. The van der Waals surface area contributed by atoms with Gasteiger partial charge in [0.15, 0.2) is 17.3 Å². The van der Waals surface area contributed by atoms with Crippen molar-refractivity contribution in [2.45, 2.75) is 63.8 Å². The molecule has 1 saturated heterocycles. The number of nitrogens with one attached hydrogen (secondary N) is 1. The summed E-state index contributed by atoms with van der Waals surface area (Å²) in [5, 5.41) is 23.4. The number of aromatic hydroxyl groups is 2. The smallest absolute Gasteiger partial charge is 0.250 e. The molecule has 0 radical (unpaired) electrons. The van der Waals surface area contributed by atoms with Gasteiger partial charge in [-0.15, -0.1) is 0 Å². The first-order valence-corrected chi connectivity index (χ1v) is 15.1. The topological polar surface area (TPSA) is 151 Å². The monoisotopic (exact) mass is 605 g/mol. The van der Waals surface area contributed by atoms with Gasteiger partial charge in [0, 0.05) is 62.8 Å². The molecule has 0 spiro atoms. The Balaban J connectivity index is 1.11. The second-order valence-electron chi connectivity index (χ2n) is 11.8. The van der Waals surface area contributed by atoms with Gasteiger partial charge in [0.25, 0.3) is 5.56 Å². The van der Waals surface area contributed by atoms with Gasteiger partial charge < -0.3 is 34.2 Å². The number of aryl methyl sites for hydroxylation is 1. The zero-order chi connectivity index (χ0) is 31.4. The lowest BCUT2D eigenvalue weighted by atomic mass is 9.83. The summed E-state index contributed by atoms with van der Waals surface area (Å²) in [7, 11) is 1.40.